The van der Waals surface area contributed by atoms with Crippen molar-refractivity contribution in [2.75, 3.05) is 5.32 Å². The van der Waals surface area contributed by atoms with Crippen molar-refractivity contribution in [3.8, 4) is 11.8 Å². The van der Waals surface area contributed by atoms with Gasteiger partial charge in [0.15, 0.2) is 6.61 Å². The van der Waals surface area contributed by atoms with Crippen molar-refractivity contribution < 1.29 is 9.15 Å². The second kappa shape index (κ2) is 7.34. The van der Waals surface area contributed by atoms with Gasteiger partial charge in [-0.25, -0.2) is 0 Å². The van der Waals surface area contributed by atoms with Gasteiger partial charge in [-0.1, -0.05) is 48.5 Å². The summed E-state index contributed by atoms with van der Waals surface area (Å²) in [6, 6.07) is 21.4. The number of ether oxygens (including phenoxy) is 1. The summed E-state index contributed by atoms with van der Waals surface area (Å²) in [6.07, 6.45) is 0. The Morgan fingerprint density at radius 2 is 1.79 bits per heavy atom. The summed E-state index contributed by atoms with van der Waals surface area (Å²) in [5, 5.41) is 12.4. The van der Waals surface area contributed by atoms with Crippen molar-refractivity contribution in [3.05, 3.63) is 77.8 Å². The van der Waals surface area contributed by atoms with Gasteiger partial charge < -0.3 is 14.5 Å². The number of nitrogens with zero attached hydrogens (tertiary/aromatic N) is 2. The third-order valence-electron chi connectivity index (χ3n) is 3.53. The van der Waals surface area contributed by atoms with E-state index in [9.17, 15) is 5.26 Å². The summed E-state index contributed by atoms with van der Waals surface area (Å²) in [5.41, 5.74) is 1.32. The predicted octanol–water partition coefficient (Wildman–Crippen LogP) is 4.30. The molecule has 0 saturated heterocycles. The molecule has 0 aliphatic carbocycles. The highest BCUT2D eigenvalue weighted by atomic mass is 16.5. The first-order valence-corrected chi connectivity index (χ1v) is 7.65. The minimum absolute atomic E-state index is 0.00542. The van der Waals surface area contributed by atoms with Crippen LogP contribution in [0.4, 0.5) is 5.88 Å². The molecule has 0 radical (unpaired) electrons. The van der Waals surface area contributed by atoms with Gasteiger partial charge in [0.1, 0.15) is 11.8 Å². The van der Waals surface area contributed by atoms with Crippen molar-refractivity contribution in [2.24, 2.45) is 0 Å². The number of nitriles is 1. The Morgan fingerprint density at radius 3 is 2.46 bits per heavy atom. The molecule has 0 amide bonds. The van der Waals surface area contributed by atoms with Crippen molar-refractivity contribution >= 4 is 5.88 Å². The fourth-order valence-electron chi connectivity index (χ4n) is 2.28. The smallest absolute Gasteiger partial charge is 0.236 e. The van der Waals surface area contributed by atoms with Crippen LogP contribution < -0.4 is 10.1 Å². The zero-order chi connectivity index (χ0) is 16.8. The first-order chi connectivity index (χ1) is 11.8. The zero-order valence-electron chi connectivity index (χ0n) is 13.3. The maximum absolute atomic E-state index is 9.25. The summed E-state index contributed by atoms with van der Waals surface area (Å²) in [7, 11) is 0. The van der Waals surface area contributed by atoms with Crippen molar-refractivity contribution in [2.45, 2.75) is 19.6 Å². The monoisotopic (exact) mass is 319 g/mol. The van der Waals surface area contributed by atoms with Crippen LogP contribution in [0.15, 0.2) is 65.1 Å². The first kappa shape index (κ1) is 15.6. The van der Waals surface area contributed by atoms with E-state index in [1.807, 2.05) is 73.7 Å². The number of rotatable bonds is 6. The van der Waals surface area contributed by atoms with E-state index < -0.39 is 0 Å². The molecule has 0 aliphatic rings. The molecule has 3 rings (SSSR count). The molecule has 1 atom stereocenters. The minimum Gasteiger partial charge on any atom is -0.484 e. The number of aromatic nitrogens is 1. The Balaban J connectivity index is 1.70. The average molecular weight is 319 g/mol. The van der Waals surface area contributed by atoms with Gasteiger partial charge in [0.25, 0.3) is 0 Å². The lowest BCUT2D eigenvalue weighted by Gasteiger charge is -2.13. The van der Waals surface area contributed by atoms with Gasteiger partial charge in [-0.2, -0.15) is 10.2 Å². The van der Waals surface area contributed by atoms with E-state index in [1.165, 1.54) is 0 Å². The Morgan fingerprint density at radius 1 is 1.12 bits per heavy atom. The summed E-state index contributed by atoms with van der Waals surface area (Å²) in [4.78, 5) is 4.18. The largest absolute Gasteiger partial charge is 0.484 e. The lowest BCUT2D eigenvalue weighted by molar-refractivity contribution is 0.264. The predicted molar refractivity (Wildman–Crippen MR) is 90.5 cm³/mol. The van der Waals surface area contributed by atoms with E-state index in [1.54, 1.807) is 0 Å². The summed E-state index contributed by atoms with van der Waals surface area (Å²) < 4.78 is 11.3. The molecule has 0 spiro atoms. The third kappa shape index (κ3) is 3.73. The molecule has 1 unspecified atom stereocenters. The lowest BCUT2D eigenvalue weighted by atomic mass is 10.1. The highest BCUT2D eigenvalue weighted by Gasteiger charge is 2.16. The molecule has 3 aromatic rings. The van der Waals surface area contributed by atoms with Crippen LogP contribution in [0.5, 0.6) is 5.75 Å². The van der Waals surface area contributed by atoms with Crippen LogP contribution >= 0.6 is 0 Å². The molecule has 0 bridgehead atoms. The molecule has 120 valence electrons. The number of hydrogen-bond acceptors (Lipinski definition) is 5. The van der Waals surface area contributed by atoms with Gasteiger partial charge in [0, 0.05) is 0 Å². The number of para-hydroxylation sites is 1. The number of oxazole rings is 1. The average Bonchev–Trinajstić information content (AvgIpc) is 3.03. The molecule has 1 N–H and O–H groups in total. The molecule has 0 aliphatic heterocycles. The topological polar surface area (TPSA) is 71.1 Å². The lowest BCUT2D eigenvalue weighted by Crippen LogP contribution is -2.06. The van der Waals surface area contributed by atoms with E-state index in [4.69, 9.17) is 9.15 Å². The van der Waals surface area contributed by atoms with Crippen molar-refractivity contribution in [1.29, 1.82) is 5.26 Å². The van der Waals surface area contributed by atoms with Crippen molar-refractivity contribution in [3.63, 3.8) is 0 Å². The van der Waals surface area contributed by atoms with Gasteiger partial charge in [-0.05, 0) is 24.6 Å². The van der Waals surface area contributed by atoms with E-state index in [0.717, 1.165) is 11.3 Å². The van der Waals surface area contributed by atoms with Crippen molar-refractivity contribution in [1.82, 2.24) is 4.98 Å². The maximum atomic E-state index is 9.25. The van der Waals surface area contributed by atoms with E-state index in [2.05, 4.69) is 10.3 Å². The maximum Gasteiger partial charge on any atom is 0.236 e. The Hall–Kier alpha value is -3.26. The van der Waals surface area contributed by atoms with Gasteiger partial charge in [-0.3, -0.25) is 0 Å². The number of nitrogens with one attached hydrogen (secondary N) is 1. The van der Waals surface area contributed by atoms with Crippen LogP contribution in [0.1, 0.15) is 30.1 Å². The molecular formula is C19H17N3O2. The minimum atomic E-state index is -0.00542. The van der Waals surface area contributed by atoms with Gasteiger partial charge in [0.2, 0.25) is 17.5 Å². The van der Waals surface area contributed by atoms with Gasteiger partial charge >= 0.3 is 0 Å². The Labute approximate surface area is 140 Å². The molecule has 24 heavy (non-hydrogen) atoms. The second-order valence-corrected chi connectivity index (χ2v) is 5.28. The number of benzene rings is 2. The van der Waals surface area contributed by atoms with E-state index >= 15 is 0 Å². The molecule has 1 aromatic heterocycles. The molecule has 0 saturated carbocycles. The number of anilines is 1. The number of hydrogen-bond donors (Lipinski definition) is 1. The van der Waals surface area contributed by atoms with Crippen LogP contribution in [0.3, 0.4) is 0 Å². The molecule has 0 fully saturated rings. The summed E-state index contributed by atoms with van der Waals surface area (Å²) >= 11 is 0. The quantitative estimate of drug-likeness (QED) is 0.733. The molecule has 5 heteroatoms. The van der Waals surface area contributed by atoms with Gasteiger partial charge in [-0.15, -0.1) is 0 Å². The van der Waals surface area contributed by atoms with E-state index in [-0.39, 0.29) is 18.3 Å². The molecule has 1 heterocycles. The van der Waals surface area contributed by atoms with Crippen LogP contribution in [-0.4, -0.2) is 4.98 Å². The summed E-state index contributed by atoms with van der Waals surface area (Å²) in [5.74, 6) is 1.44. The molecule has 2 aromatic carbocycles. The fourth-order valence-corrected chi connectivity index (χ4v) is 2.28. The Kier molecular flexibility index (Phi) is 4.78. The SMILES string of the molecule is CC(Nc1oc(COc2ccccc2)nc1C#N)c1ccccc1. The van der Waals surface area contributed by atoms with Crippen LogP contribution in [-0.2, 0) is 6.61 Å². The second-order valence-electron chi connectivity index (χ2n) is 5.28. The van der Waals surface area contributed by atoms with E-state index in [0.29, 0.717) is 11.8 Å². The first-order valence-electron chi connectivity index (χ1n) is 7.65. The fraction of sp³-hybridized carbons (Fsp3) is 0.158. The highest BCUT2D eigenvalue weighted by molar-refractivity contribution is 5.47. The van der Waals surface area contributed by atoms with Crippen LogP contribution in [0.2, 0.25) is 0 Å². The summed E-state index contributed by atoms with van der Waals surface area (Å²) in [6.45, 7) is 2.17. The third-order valence-corrected chi connectivity index (χ3v) is 3.53. The van der Waals surface area contributed by atoms with Crippen LogP contribution in [0.25, 0.3) is 0 Å². The normalized spacial score (nSPS) is 11.5. The van der Waals surface area contributed by atoms with Crippen LogP contribution in [0, 0.1) is 11.3 Å². The van der Waals surface area contributed by atoms with Gasteiger partial charge in [0.05, 0.1) is 6.04 Å². The Bertz CT molecular complexity index is 823. The zero-order valence-corrected chi connectivity index (χ0v) is 13.3. The molecule has 5 nitrogen and oxygen atoms in total. The standard InChI is InChI=1S/C19H17N3O2/c1-14(15-8-4-2-5-9-15)21-19-17(12-20)22-18(24-19)13-23-16-10-6-3-7-11-16/h2-11,14,21H,13H2,1H3. The molecular weight excluding hydrogens is 302 g/mol. The highest BCUT2D eigenvalue weighted by Crippen LogP contribution is 2.24.